The van der Waals surface area contributed by atoms with Crippen molar-refractivity contribution < 1.29 is 10.0 Å². The van der Waals surface area contributed by atoms with Crippen molar-refractivity contribution in [2.24, 2.45) is 16.8 Å². The maximum atomic E-state index is 12.3. The standard InChI is InChI=1S/C14H20N4O3/c1-9-2-5-14(6-3-9,13(15)18-21)17-12(20)10-8-16-7-4-11(10)19/h4,7-9,21H,2-3,5-6H2,1H3,(H2,15,18)(H,16,19)(H,17,20). The molecule has 1 aromatic rings. The number of nitrogens with two attached hydrogens (primary N) is 1. The maximum Gasteiger partial charge on any atom is 0.257 e. The molecule has 5 N–H and O–H groups in total. The first kappa shape index (κ1) is 15.1. The highest BCUT2D eigenvalue weighted by atomic mass is 16.4. The fourth-order valence-corrected chi connectivity index (χ4v) is 2.67. The number of nitrogens with one attached hydrogen (secondary N) is 2. The molecule has 0 aliphatic heterocycles. The van der Waals surface area contributed by atoms with Crippen LogP contribution in [0.4, 0.5) is 0 Å². The average Bonchev–Trinajstić information content (AvgIpc) is 2.49. The van der Waals surface area contributed by atoms with Crippen molar-refractivity contribution in [1.29, 1.82) is 0 Å². The van der Waals surface area contributed by atoms with Gasteiger partial charge < -0.3 is 21.2 Å². The molecule has 0 spiro atoms. The largest absolute Gasteiger partial charge is 0.409 e. The number of amides is 1. The van der Waals surface area contributed by atoms with Gasteiger partial charge in [0.15, 0.2) is 11.3 Å². The molecule has 0 unspecified atom stereocenters. The second-order valence-corrected chi connectivity index (χ2v) is 5.63. The molecule has 1 aromatic heterocycles. The highest BCUT2D eigenvalue weighted by Gasteiger charge is 2.40. The molecular weight excluding hydrogens is 272 g/mol. The van der Waals surface area contributed by atoms with E-state index in [0.29, 0.717) is 18.8 Å². The molecule has 0 radical (unpaired) electrons. The number of aromatic amines is 1. The zero-order chi connectivity index (χ0) is 15.5. The SMILES string of the molecule is CC1CCC(NC(=O)c2c[nH]ccc2=O)(/C(N)=N/O)CC1. The Bertz CT molecular complexity index is 600. The van der Waals surface area contributed by atoms with Crippen LogP contribution in [0.3, 0.4) is 0 Å². The molecule has 1 fully saturated rings. The zero-order valence-electron chi connectivity index (χ0n) is 11.9. The number of rotatable bonds is 3. The number of hydrogen-bond acceptors (Lipinski definition) is 4. The van der Waals surface area contributed by atoms with Crippen LogP contribution in [0.5, 0.6) is 0 Å². The number of pyridine rings is 1. The normalized spacial score (nSPS) is 26.3. The molecule has 7 heteroatoms. The molecule has 1 heterocycles. The molecule has 2 rings (SSSR count). The van der Waals surface area contributed by atoms with E-state index >= 15 is 0 Å². The van der Waals surface area contributed by atoms with Gasteiger partial charge in [0.25, 0.3) is 5.91 Å². The molecule has 1 aliphatic carbocycles. The summed E-state index contributed by atoms with van der Waals surface area (Å²) in [7, 11) is 0. The maximum absolute atomic E-state index is 12.3. The Morgan fingerprint density at radius 1 is 1.52 bits per heavy atom. The van der Waals surface area contributed by atoms with Crippen molar-refractivity contribution in [3.05, 3.63) is 34.2 Å². The lowest BCUT2D eigenvalue weighted by atomic mass is 9.76. The van der Waals surface area contributed by atoms with Gasteiger partial charge in [-0.25, -0.2) is 0 Å². The molecular formula is C14H20N4O3. The molecule has 1 amide bonds. The van der Waals surface area contributed by atoms with Gasteiger partial charge in [-0.1, -0.05) is 12.1 Å². The van der Waals surface area contributed by atoms with Gasteiger partial charge >= 0.3 is 0 Å². The van der Waals surface area contributed by atoms with Crippen molar-refractivity contribution in [3.8, 4) is 0 Å². The molecule has 1 saturated carbocycles. The van der Waals surface area contributed by atoms with E-state index in [4.69, 9.17) is 10.9 Å². The van der Waals surface area contributed by atoms with E-state index in [1.54, 1.807) is 0 Å². The summed E-state index contributed by atoms with van der Waals surface area (Å²) < 4.78 is 0. The third-order valence-electron chi connectivity index (χ3n) is 4.15. The molecule has 1 aliphatic rings. The fourth-order valence-electron chi connectivity index (χ4n) is 2.67. The molecule has 7 nitrogen and oxygen atoms in total. The Kier molecular flexibility index (Phi) is 4.30. The van der Waals surface area contributed by atoms with Gasteiger partial charge in [-0.05, 0) is 31.6 Å². The van der Waals surface area contributed by atoms with Crippen LogP contribution < -0.4 is 16.5 Å². The molecule has 0 atom stereocenters. The summed E-state index contributed by atoms with van der Waals surface area (Å²) in [4.78, 5) is 26.7. The van der Waals surface area contributed by atoms with E-state index < -0.39 is 11.4 Å². The van der Waals surface area contributed by atoms with Crippen LogP contribution in [0.1, 0.15) is 43.0 Å². The van der Waals surface area contributed by atoms with Gasteiger partial charge in [-0.2, -0.15) is 0 Å². The first-order valence-corrected chi connectivity index (χ1v) is 6.96. The van der Waals surface area contributed by atoms with Crippen LogP contribution in [0.15, 0.2) is 28.4 Å². The summed E-state index contributed by atoms with van der Waals surface area (Å²) in [6.07, 6.45) is 5.70. The van der Waals surface area contributed by atoms with Crippen molar-refractivity contribution in [3.63, 3.8) is 0 Å². The second-order valence-electron chi connectivity index (χ2n) is 5.63. The number of amidine groups is 1. The Morgan fingerprint density at radius 3 is 2.76 bits per heavy atom. The van der Waals surface area contributed by atoms with Crippen LogP contribution >= 0.6 is 0 Å². The van der Waals surface area contributed by atoms with Gasteiger partial charge in [-0.15, -0.1) is 0 Å². The number of H-pyrrole nitrogens is 1. The lowest BCUT2D eigenvalue weighted by molar-refractivity contribution is 0.0896. The van der Waals surface area contributed by atoms with E-state index in [9.17, 15) is 9.59 Å². The Labute approximate surface area is 122 Å². The third-order valence-corrected chi connectivity index (χ3v) is 4.15. The van der Waals surface area contributed by atoms with Crippen LogP contribution in [-0.4, -0.2) is 27.5 Å². The Hall–Kier alpha value is -2.31. The zero-order valence-corrected chi connectivity index (χ0v) is 11.9. The van der Waals surface area contributed by atoms with E-state index in [-0.39, 0.29) is 16.8 Å². The molecule has 0 bridgehead atoms. The minimum atomic E-state index is -0.888. The number of nitrogens with zero attached hydrogens (tertiary/aromatic N) is 1. The highest BCUT2D eigenvalue weighted by molar-refractivity contribution is 6.00. The van der Waals surface area contributed by atoms with Gasteiger partial charge in [0.1, 0.15) is 11.1 Å². The predicted octanol–water partition coefficient (Wildman–Crippen LogP) is 0.800. The lowest BCUT2D eigenvalue weighted by Crippen LogP contribution is -2.59. The number of oxime groups is 1. The first-order chi connectivity index (χ1) is 9.98. The summed E-state index contributed by atoms with van der Waals surface area (Å²) in [5.41, 5.74) is 4.55. The van der Waals surface area contributed by atoms with Gasteiger partial charge in [0, 0.05) is 18.5 Å². The molecule has 0 saturated heterocycles. The second kappa shape index (κ2) is 5.99. The van der Waals surface area contributed by atoms with E-state index in [1.807, 2.05) is 0 Å². The first-order valence-electron chi connectivity index (χ1n) is 6.96. The molecule has 21 heavy (non-hydrogen) atoms. The smallest absolute Gasteiger partial charge is 0.257 e. The van der Waals surface area contributed by atoms with Crippen molar-refractivity contribution in [1.82, 2.24) is 10.3 Å². The lowest BCUT2D eigenvalue weighted by Gasteiger charge is -2.38. The quantitative estimate of drug-likeness (QED) is 0.285. The Morgan fingerprint density at radius 2 is 2.19 bits per heavy atom. The molecule has 114 valence electrons. The van der Waals surface area contributed by atoms with E-state index in [2.05, 4.69) is 22.4 Å². The minimum Gasteiger partial charge on any atom is -0.409 e. The van der Waals surface area contributed by atoms with E-state index in [1.165, 1.54) is 18.5 Å². The van der Waals surface area contributed by atoms with E-state index in [0.717, 1.165) is 12.8 Å². The number of hydrogen-bond donors (Lipinski definition) is 4. The van der Waals surface area contributed by atoms with Crippen molar-refractivity contribution in [2.45, 2.75) is 38.1 Å². The number of carbonyl (C=O) groups excluding carboxylic acids is 1. The van der Waals surface area contributed by atoms with Gasteiger partial charge in [0.05, 0.1) is 0 Å². The van der Waals surface area contributed by atoms with Gasteiger partial charge in [-0.3, -0.25) is 9.59 Å². The topological polar surface area (TPSA) is 121 Å². The minimum absolute atomic E-state index is 0.0150. The molecule has 0 aromatic carbocycles. The van der Waals surface area contributed by atoms with Gasteiger partial charge in [0.2, 0.25) is 0 Å². The number of aromatic nitrogens is 1. The van der Waals surface area contributed by atoms with Crippen molar-refractivity contribution >= 4 is 11.7 Å². The third kappa shape index (κ3) is 3.07. The summed E-state index contributed by atoms with van der Waals surface area (Å²) in [6.45, 7) is 2.12. The van der Waals surface area contributed by atoms with Crippen LogP contribution in [-0.2, 0) is 0 Å². The highest BCUT2D eigenvalue weighted by Crippen LogP contribution is 2.32. The van der Waals surface area contributed by atoms with Crippen LogP contribution in [0.2, 0.25) is 0 Å². The Balaban J connectivity index is 2.26. The summed E-state index contributed by atoms with van der Waals surface area (Å²) >= 11 is 0. The average molecular weight is 292 g/mol. The van der Waals surface area contributed by atoms with Crippen molar-refractivity contribution in [2.75, 3.05) is 0 Å². The van der Waals surface area contributed by atoms with Crippen LogP contribution in [0.25, 0.3) is 0 Å². The fraction of sp³-hybridized carbons (Fsp3) is 0.500. The summed E-state index contributed by atoms with van der Waals surface area (Å²) in [5, 5.41) is 14.9. The summed E-state index contributed by atoms with van der Waals surface area (Å²) in [6, 6.07) is 1.29. The number of carbonyl (C=O) groups is 1. The summed E-state index contributed by atoms with van der Waals surface area (Å²) in [5.74, 6) is -0.00485. The van der Waals surface area contributed by atoms with Crippen LogP contribution in [0, 0.1) is 5.92 Å². The monoisotopic (exact) mass is 292 g/mol. The predicted molar refractivity (Wildman–Crippen MR) is 78.3 cm³/mol.